The first-order chi connectivity index (χ1) is 11.2. The third-order valence-corrected chi connectivity index (χ3v) is 4.42. The molecule has 2 aliphatic rings. The summed E-state index contributed by atoms with van der Waals surface area (Å²) in [6.45, 7) is 2.85. The number of hydrogen-bond donors (Lipinski definition) is 0. The van der Waals surface area contributed by atoms with E-state index in [4.69, 9.17) is 9.47 Å². The van der Waals surface area contributed by atoms with E-state index in [9.17, 15) is 9.59 Å². The molecule has 23 heavy (non-hydrogen) atoms. The van der Waals surface area contributed by atoms with Crippen LogP contribution in [0.15, 0.2) is 24.3 Å². The van der Waals surface area contributed by atoms with Crippen molar-refractivity contribution in [1.82, 2.24) is 9.80 Å². The smallest absolute Gasteiger partial charge is 0.257 e. The van der Waals surface area contributed by atoms with Crippen molar-refractivity contribution in [2.24, 2.45) is 0 Å². The normalized spacial score (nSPS) is 21.3. The Bertz CT molecular complexity index is 576. The molecule has 1 atom stereocenters. The van der Waals surface area contributed by atoms with Gasteiger partial charge in [0.05, 0.1) is 12.7 Å². The average molecular weight is 318 g/mol. The number of rotatable bonds is 3. The predicted octanol–water partition coefficient (Wildman–Crippen LogP) is 1.16. The van der Waals surface area contributed by atoms with E-state index < -0.39 is 0 Å². The molecule has 2 fully saturated rings. The zero-order valence-electron chi connectivity index (χ0n) is 13.4. The van der Waals surface area contributed by atoms with Gasteiger partial charge >= 0.3 is 0 Å². The van der Waals surface area contributed by atoms with E-state index in [1.807, 2.05) is 17.0 Å². The molecule has 1 aromatic carbocycles. The minimum Gasteiger partial charge on any atom is -0.496 e. The molecular weight excluding hydrogens is 296 g/mol. The Hall–Kier alpha value is -2.08. The number of carbonyl (C=O) groups excluding carboxylic acids is 2. The van der Waals surface area contributed by atoms with Gasteiger partial charge in [-0.15, -0.1) is 0 Å². The Kier molecular flexibility index (Phi) is 4.81. The fourth-order valence-corrected chi connectivity index (χ4v) is 3.10. The fourth-order valence-electron chi connectivity index (χ4n) is 3.10. The maximum Gasteiger partial charge on any atom is 0.257 e. The van der Waals surface area contributed by atoms with Crippen molar-refractivity contribution in [2.45, 2.75) is 18.9 Å². The summed E-state index contributed by atoms with van der Waals surface area (Å²) in [5.74, 6) is 0.592. The largest absolute Gasteiger partial charge is 0.496 e. The van der Waals surface area contributed by atoms with E-state index >= 15 is 0 Å². The van der Waals surface area contributed by atoms with Crippen LogP contribution in [0.1, 0.15) is 23.2 Å². The van der Waals surface area contributed by atoms with Crippen LogP contribution < -0.4 is 4.74 Å². The molecule has 2 aliphatic heterocycles. The standard InChI is InChI=1S/C17H22N2O4/c1-22-14-6-3-2-5-13(14)16(20)18-8-10-19(11-9-18)17(21)15-7-4-12-23-15/h2-3,5-6,15H,4,7-12H2,1H3. The van der Waals surface area contributed by atoms with Gasteiger partial charge in [-0.3, -0.25) is 9.59 Å². The summed E-state index contributed by atoms with van der Waals surface area (Å²) in [6, 6.07) is 7.22. The highest BCUT2D eigenvalue weighted by molar-refractivity contribution is 5.97. The lowest BCUT2D eigenvalue weighted by Gasteiger charge is -2.35. The molecule has 3 rings (SSSR count). The van der Waals surface area contributed by atoms with E-state index in [-0.39, 0.29) is 17.9 Å². The first-order valence-electron chi connectivity index (χ1n) is 8.03. The van der Waals surface area contributed by atoms with E-state index in [1.54, 1.807) is 24.1 Å². The maximum atomic E-state index is 12.6. The molecular formula is C17H22N2O4. The molecule has 6 heteroatoms. The first-order valence-corrected chi connectivity index (χ1v) is 8.03. The summed E-state index contributed by atoms with van der Waals surface area (Å²) in [4.78, 5) is 28.5. The Morgan fingerprint density at radius 3 is 2.48 bits per heavy atom. The minimum atomic E-state index is -0.286. The molecule has 6 nitrogen and oxygen atoms in total. The van der Waals surface area contributed by atoms with Crippen LogP contribution in [0.4, 0.5) is 0 Å². The number of ether oxygens (including phenoxy) is 2. The molecule has 1 aromatic rings. The highest BCUT2D eigenvalue weighted by Crippen LogP contribution is 2.21. The van der Waals surface area contributed by atoms with E-state index in [2.05, 4.69) is 0 Å². The number of carbonyl (C=O) groups is 2. The SMILES string of the molecule is COc1ccccc1C(=O)N1CCN(C(=O)C2CCCO2)CC1. The molecule has 0 aliphatic carbocycles. The molecule has 124 valence electrons. The lowest BCUT2D eigenvalue weighted by Crippen LogP contribution is -2.52. The topological polar surface area (TPSA) is 59.1 Å². The highest BCUT2D eigenvalue weighted by Gasteiger charge is 2.31. The molecule has 0 aromatic heterocycles. The van der Waals surface area contributed by atoms with Gasteiger partial charge in [-0.25, -0.2) is 0 Å². The summed E-state index contributed by atoms with van der Waals surface area (Å²) in [6.07, 6.45) is 1.47. The van der Waals surface area contributed by atoms with Gasteiger partial charge in [0, 0.05) is 32.8 Å². The second kappa shape index (κ2) is 7.00. The van der Waals surface area contributed by atoms with E-state index in [0.29, 0.717) is 44.1 Å². The lowest BCUT2D eigenvalue weighted by molar-refractivity contribution is -0.142. The maximum absolute atomic E-state index is 12.6. The summed E-state index contributed by atoms with van der Waals surface area (Å²) >= 11 is 0. The van der Waals surface area contributed by atoms with Gasteiger partial charge in [0.1, 0.15) is 11.9 Å². The van der Waals surface area contributed by atoms with Crippen LogP contribution in [0.25, 0.3) is 0 Å². The molecule has 0 saturated carbocycles. The number of amides is 2. The van der Waals surface area contributed by atoms with Crippen LogP contribution in [0.5, 0.6) is 5.75 Å². The Balaban J connectivity index is 1.60. The molecule has 2 heterocycles. The van der Waals surface area contributed by atoms with Gasteiger partial charge in [-0.2, -0.15) is 0 Å². The molecule has 0 N–H and O–H groups in total. The van der Waals surface area contributed by atoms with Crippen molar-refractivity contribution >= 4 is 11.8 Å². The molecule has 0 radical (unpaired) electrons. The van der Waals surface area contributed by atoms with Crippen molar-refractivity contribution in [1.29, 1.82) is 0 Å². The fraction of sp³-hybridized carbons (Fsp3) is 0.529. The van der Waals surface area contributed by atoms with Crippen molar-refractivity contribution in [3.05, 3.63) is 29.8 Å². The quantitative estimate of drug-likeness (QED) is 0.839. The second-order valence-electron chi connectivity index (χ2n) is 5.82. The zero-order valence-corrected chi connectivity index (χ0v) is 13.4. The highest BCUT2D eigenvalue weighted by atomic mass is 16.5. The number of piperazine rings is 1. The minimum absolute atomic E-state index is 0.0494. The Morgan fingerprint density at radius 2 is 1.83 bits per heavy atom. The lowest BCUT2D eigenvalue weighted by atomic mass is 10.1. The van der Waals surface area contributed by atoms with Crippen molar-refractivity contribution in [2.75, 3.05) is 39.9 Å². The number of para-hydroxylation sites is 1. The van der Waals surface area contributed by atoms with Crippen LogP contribution in [-0.4, -0.2) is 67.6 Å². The zero-order chi connectivity index (χ0) is 16.2. The van der Waals surface area contributed by atoms with Crippen LogP contribution in [0, 0.1) is 0 Å². The second-order valence-corrected chi connectivity index (χ2v) is 5.82. The summed E-state index contributed by atoms with van der Waals surface area (Å²) in [7, 11) is 1.56. The van der Waals surface area contributed by atoms with Gasteiger partial charge < -0.3 is 19.3 Å². The van der Waals surface area contributed by atoms with Gasteiger partial charge in [0.15, 0.2) is 0 Å². The summed E-state index contributed by atoms with van der Waals surface area (Å²) < 4.78 is 10.7. The number of methoxy groups -OCH3 is 1. The van der Waals surface area contributed by atoms with Crippen molar-refractivity contribution in [3.8, 4) is 5.75 Å². The summed E-state index contributed by atoms with van der Waals surface area (Å²) in [5.41, 5.74) is 0.564. The third kappa shape index (κ3) is 3.32. The molecule has 0 spiro atoms. The predicted molar refractivity (Wildman–Crippen MR) is 84.5 cm³/mol. The van der Waals surface area contributed by atoms with E-state index in [0.717, 1.165) is 12.8 Å². The number of nitrogens with zero attached hydrogens (tertiary/aromatic N) is 2. The third-order valence-electron chi connectivity index (χ3n) is 4.42. The molecule has 1 unspecified atom stereocenters. The van der Waals surface area contributed by atoms with Crippen LogP contribution >= 0.6 is 0 Å². The number of hydrogen-bond acceptors (Lipinski definition) is 4. The van der Waals surface area contributed by atoms with Crippen molar-refractivity contribution < 1.29 is 19.1 Å². The van der Waals surface area contributed by atoms with Crippen molar-refractivity contribution in [3.63, 3.8) is 0 Å². The van der Waals surface area contributed by atoms with Gasteiger partial charge in [0.2, 0.25) is 0 Å². The summed E-state index contributed by atoms with van der Waals surface area (Å²) in [5, 5.41) is 0. The van der Waals surface area contributed by atoms with Crippen LogP contribution in [-0.2, 0) is 9.53 Å². The Labute approximate surface area is 136 Å². The molecule has 2 saturated heterocycles. The Morgan fingerprint density at radius 1 is 1.13 bits per heavy atom. The molecule has 2 amide bonds. The van der Waals surface area contributed by atoms with Gasteiger partial charge in [0.25, 0.3) is 11.8 Å². The van der Waals surface area contributed by atoms with Crippen LogP contribution in [0.3, 0.4) is 0 Å². The number of benzene rings is 1. The van der Waals surface area contributed by atoms with Gasteiger partial charge in [-0.1, -0.05) is 12.1 Å². The average Bonchev–Trinajstić information content (AvgIpc) is 3.15. The first kappa shape index (κ1) is 15.8. The van der Waals surface area contributed by atoms with Gasteiger partial charge in [-0.05, 0) is 25.0 Å². The van der Waals surface area contributed by atoms with Crippen LogP contribution in [0.2, 0.25) is 0 Å². The van der Waals surface area contributed by atoms with E-state index in [1.165, 1.54) is 0 Å². The monoisotopic (exact) mass is 318 g/mol. The molecule has 0 bridgehead atoms.